The summed E-state index contributed by atoms with van der Waals surface area (Å²) in [6.07, 6.45) is 5.95. The third-order valence-corrected chi connectivity index (χ3v) is 1.29. The molecule has 54 valence electrons. The highest BCUT2D eigenvalue weighted by molar-refractivity contribution is 5.15. The lowest BCUT2D eigenvalue weighted by molar-refractivity contribution is 0.753. The minimum absolute atomic E-state index is 0.684. The maximum atomic E-state index is 8.32. The van der Waals surface area contributed by atoms with Crippen LogP contribution in [0.2, 0.25) is 0 Å². The second-order valence-electron chi connectivity index (χ2n) is 2.25. The molecule has 0 fully saturated rings. The molecule has 0 atom stereocenters. The van der Waals surface area contributed by atoms with Crippen molar-refractivity contribution in [3.05, 3.63) is 24.8 Å². The molecule has 0 heterocycles. The highest BCUT2D eigenvalue weighted by Crippen LogP contribution is 2.05. The van der Waals surface area contributed by atoms with Crippen molar-refractivity contribution >= 4 is 0 Å². The van der Waals surface area contributed by atoms with Crippen molar-refractivity contribution in [1.82, 2.24) is 0 Å². The fourth-order valence-electron chi connectivity index (χ4n) is 0.683. The molecule has 0 aliphatic carbocycles. The van der Waals surface area contributed by atoms with Gasteiger partial charge in [-0.05, 0) is 25.7 Å². The third-order valence-electron chi connectivity index (χ3n) is 1.29. The van der Waals surface area contributed by atoms with Gasteiger partial charge in [-0.1, -0.05) is 12.7 Å². The van der Waals surface area contributed by atoms with E-state index in [9.17, 15) is 0 Å². The van der Waals surface area contributed by atoms with Crippen molar-refractivity contribution in [2.24, 2.45) is 0 Å². The van der Waals surface area contributed by atoms with Crippen LogP contribution in [-0.2, 0) is 0 Å². The molecule has 0 aromatic heterocycles. The maximum absolute atomic E-state index is 8.32. The van der Waals surface area contributed by atoms with Crippen LogP contribution in [0.15, 0.2) is 24.8 Å². The number of unbranched alkanes of at least 4 members (excludes halogenated alkanes) is 2. The summed E-state index contributed by atoms with van der Waals surface area (Å²) in [5, 5.41) is 8.32. The van der Waals surface area contributed by atoms with Crippen molar-refractivity contribution in [2.75, 3.05) is 0 Å². The van der Waals surface area contributed by atoms with Crippen molar-refractivity contribution in [3.63, 3.8) is 0 Å². The Kier molecular flexibility index (Phi) is 5.47. The van der Waals surface area contributed by atoms with E-state index in [0.717, 1.165) is 25.7 Å². The SMILES string of the molecule is C=CCCCCC(=C)C#N. The summed E-state index contributed by atoms with van der Waals surface area (Å²) in [7, 11) is 0. The zero-order valence-corrected chi connectivity index (χ0v) is 6.27. The van der Waals surface area contributed by atoms with Gasteiger partial charge in [0.1, 0.15) is 0 Å². The fraction of sp³-hybridized carbons (Fsp3) is 0.444. The van der Waals surface area contributed by atoms with Crippen LogP contribution < -0.4 is 0 Å². The molecule has 0 aromatic rings. The fourth-order valence-corrected chi connectivity index (χ4v) is 0.683. The van der Waals surface area contributed by atoms with Gasteiger partial charge in [0.2, 0.25) is 0 Å². The first-order chi connectivity index (χ1) is 4.81. The Labute approximate surface area is 62.7 Å². The first-order valence-electron chi connectivity index (χ1n) is 3.50. The first kappa shape index (κ1) is 8.97. The van der Waals surface area contributed by atoms with Crippen molar-refractivity contribution < 1.29 is 0 Å². The lowest BCUT2D eigenvalue weighted by Gasteiger charge is -1.93. The summed E-state index contributed by atoms with van der Waals surface area (Å²) in [6, 6.07) is 2.02. The molecule has 0 rings (SSSR count). The standard InChI is InChI=1S/C9H13N/c1-3-4-5-6-7-9(2)8-10/h3H,1-2,4-7H2. The quantitative estimate of drug-likeness (QED) is 0.323. The molecular weight excluding hydrogens is 122 g/mol. The van der Waals surface area contributed by atoms with Crippen LogP contribution >= 0.6 is 0 Å². The van der Waals surface area contributed by atoms with E-state index in [-0.39, 0.29) is 0 Å². The Balaban J connectivity index is 3.13. The zero-order chi connectivity index (χ0) is 7.82. The van der Waals surface area contributed by atoms with E-state index in [1.54, 1.807) is 0 Å². The second kappa shape index (κ2) is 6.10. The molecule has 0 bridgehead atoms. The molecule has 0 spiro atoms. The molecule has 0 aliphatic heterocycles. The second-order valence-corrected chi connectivity index (χ2v) is 2.25. The van der Waals surface area contributed by atoms with E-state index in [2.05, 4.69) is 13.2 Å². The number of allylic oxidation sites excluding steroid dienone is 2. The summed E-state index contributed by atoms with van der Waals surface area (Å²) in [6.45, 7) is 7.19. The first-order valence-corrected chi connectivity index (χ1v) is 3.50. The molecule has 0 aromatic carbocycles. The van der Waals surface area contributed by atoms with Crippen LogP contribution in [-0.4, -0.2) is 0 Å². The average Bonchev–Trinajstić information content (AvgIpc) is 1.98. The molecule has 10 heavy (non-hydrogen) atoms. The van der Waals surface area contributed by atoms with Crippen LogP contribution in [0.4, 0.5) is 0 Å². The van der Waals surface area contributed by atoms with Crippen LogP contribution in [0.1, 0.15) is 25.7 Å². The van der Waals surface area contributed by atoms with Crippen LogP contribution in [0.25, 0.3) is 0 Å². The molecule has 0 amide bonds. The van der Waals surface area contributed by atoms with E-state index in [1.807, 2.05) is 12.1 Å². The molecular formula is C9H13N. The summed E-state index contributed by atoms with van der Waals surface area (Å²) in [5.41, 5.74) is 0.684. The van der Waals surface area contributed by atoms with Crippen molar-refractivity contribution in [3.8, 4) is 6.07 Å². The largest absolute Gasteiger partial charge is 0.193 e. The number of hydrogen-bond acceptors (Lipinski definition) is 1. The summed E-state index contributed by atoms with van der Waals surface area (Å²) < 4.78 is 0. The van der Waals surface area contributed by atoms with Gasteiger partial charge in [-0.15, -0.1) is 6.58 Å². The van der Waals surface area contributed by atoms with Gasteiger partial charge in [0, 0.05) is 5.57 Å². The molecule has 0 saturated carbocycles. The minimum Gasteiger partial charge on any atom is -0.193 e. The molecule has 1 heteroatoms. The highest BCUT2D eigenvalue weighted by Gasteiger charge is 1.89. The number of rotatable bonds is 5. The van der Waals surface area contributed by atoms with E-state index < -0.39 is 0 Å². The number of nitriles is 1. The normalized spacial score (nSPS) is 8.30. The van der Waals surface area contributed by atoms with Crippen LogP contribution in [0, 0.1) is 11.3 Å². The van der Waals surface area contributed by atoms with Gasteiger partial charge in [-0.2, -0.15) is 5.26 Å². The monoisotopic (exact) mass is 135 g/mol. The molecule has 0 unspecified atom stereocenters. The minimum atomic E-state index is 0.684. The van der Waals surface area contributed by atoms with Crippen molar-refractivity contribution in [2.45, 2.75) is 25.7 Å². The Hall–Kier alpha value is -1.03. The van der Waals surface area contributed by atoms with Gasteiger partial charge >= 0.3 is 0 Å². The molecule has 1 nitrogen and oxygen atoms in total. The summed E-state index contributed by atoms with van der Waals surface area (Å²) in [4.78, 5) is 0. The molecule has 0 radical (unpaired) electrons. The molecule has 0 N–H and O–H groups in total. The smallest absolute Gasteiger partial charge is 0.0940 e. The third kappa shape index (κ3) is 5.11. The topological polar surface area (TPSA) is 23.8 Å². The summed E-state index contributed by atoms with van der Waals surface area (Å²) in [5.74, 6) is 0. The van der Waals surface area contributed by atoms with Crippen molar-refractivity contribution in [1.29, 1.82) is 5.26 Å². The number of hydrogen-bond donors (Lipinski definition) is 0. The molecule has 0 saturated heterocycles. The lowest BCUT2D eigenvalue weighted by Crippen LogP contribution is -1.77. The van der Waals surface area contributed by atoms with E-state index in [1.165, 1.54) is 0 Å². The van der Waals surface area contributed by atoms with Gasteiger partial charge in [0.15, 0.2) is 0 Å². The Bertz CT molecular complexity index is 151. The molecule has 0 aliphatic rings. The number of nitrogens with zero attached hydrogens (tertiary/aromatic N) is 1. The predicted molar refractivity (Wildman–Crippen MR) is 43.4 cm³/mol. The average molecular weight is 135 g/mol. The van der Waals surface area contributed by atoms with Gasteiger partial charge < -0.3 is 0 Å². The zero-order valence-electron chi connectivity index (χ0n) is 6.27. The van der Waals surface area contributed by atoms with E-state index in [0.29, 0.717) is 5.57 Å². The van der Waals surface area contributed by atoms with Crippen LogP contribution in [0.5, 0.6) is 0 Å². The van der Waals surface area contributed by atoms with Gasteiger partial charge in [-0.25, -0.2) is 0 Å². The highest BCUT2D eigenvalue weighted by atomic mass is 14.2. The Morgan fingerprint density at radius 3 is 2.70 bits per heavy atom. The summed E-state index contributed by atoms with van der Waals surface area (Å²) >= 11 is 0. The lowest BCUT2D eigenvalue weighted by atomic mass is 10.1. The maximum Gasteiger partial charge on any atom is 0.0940 e. The Morgan fingerprint density at radius 1 is 1.50 bits per heavy atom. The predicted octanol–water partition coefficient (Wildman–Crippen LogP) is 2.81. The van der Waals surface area contributed by atoms with E-state index in [4.69, 9.17) is 5.26 Å². The van der Waals surface area contributed by atoms with Crippen LogP contribution in [0.3, 0.4) is 0 Å². The van der Waals surface area contributed by atoms with Gasteiger partial charge in [-0.3, -0.25) is 0 Å². The van der Waals surface area contributed by atoms with E-state index >= 15 is 0 Å². The van der Waals surface area contributed by atoms with Gasteiger partial charge in [0.05, 0.1) is 6.07 Å². The Morgan fingerprint density at radius 2 is 2.20 bits per heavy atom. The van der Waals surface area contributed by atoms with Gasteiger partial charge in [0.25, 0.3) is 0 Å².